The van der Waals surface area contributed by atoms with E-state index in [1.165, 1.54) is 0 Å². The quantitative estimate of drug-likeness (QED) is 0.289. The highest BCUT2D eigenvalue weighted by atomic mass is 16.7. The van der Waals surface area contributed by atoms with Gasteiger partial charge in [0.15, 0.2) is 28.7 Å². The number of phenols is 5. The van der Waals surface area contributed by atoms with E-state index in [0.29, 0.717) is 13.0 Å². The van der Waals surface area contributed by atoms with Crippen LogP contribution in [0.5, 0.6) is 34.5 Å². The molecule has 0 bridgehead atoms. The van der Waals surface area contributed by atoms with Gasteiger partial charge in [0.1, 0.15) is 0 Å². The first-order valence-corrected chi connectivity index (χ1v) is 8.62. The van der Waals surface area contributed by atoms with Crippen molar-refractivity contribution in [3.05, 3.63) is 35.4 Å². The van der Waals surface area contributed by atoms with Crippen molar-refractivity contribution in [1.29, 1.82) is 0 Å². The molecular weight excluding hydrogens is 388 g/mol. The fourth-order valence-corrected chi connectivity index (χ4v) is 2.66. The summed E-state index contributed by atoms with van der Waals surface area (Å²) in [5, 5.41) is 48.1. The maximum atomic E-state index is 12.3. The SMILES string of the molecule is O=C(Oc1cc(C(=O)OC2CCCCO2)cc(O)c1O)c1cc(O)c(O)c(O)c1. The Labute approximate surface area is 164 Å². The normalized spacial score (nSPS) is 16.2. The van der Waals surface area contributed by atoms with Crippen LogP contribution in [0.1, 0.15) is 40.0 Å². The van der Waals surface area contributed by atoms with Crippen LogP contribution in [-0.2, 0) is 9.47 Å². The Morgan fingerprint density at radius 2 is 1.41 bits per heavy atom. The smallest absolute Gasteiger partial charge is 0.343 e. The van der Waals surface area contributed by atoms with Gasteiger partial charge in [-0.25, -0.2) is 9.59 Å². The molecule has 2 aromatic rings. The van der Waals surface area contributed by atoms with Crippen LogP contribution >= 0.6 is 0 Å². The first-order chi connectivity index (χ1) is 13.8. The minimum Gasteiger partial charge on any atom is -0.504 e. The van der Waals surface area contributed by atoms with Crippen molar-refractivity contribution in [1.82, 2.24) is 0 Å². The van der Waals surface area contributed by atoms with Gasteiger partial charge >= 0.3 is 11.9 Å². The molecule has 1 saturated heterocycles. The summed E-state index contributed by atoms with van der Waals surface area (Å²) in [4.78, 5) is 24.5. The second-order valence-corrected chi connectivity index (χ2v) is 6.30. The van der Waals surface area contributed by atoms with Crippen molar-refractivity contribution in [3.8, 4) is 34.5 Å². The molecule has 0 aromatic heterocycles. The zero-order valence-corrected chi connectivity index (χ0v) is 15.0. The minimum atomic E-state index is -1.15. The molecule has 2 aromatic carbocycles. The molecule has 0 amide bonds. The molecule has 29 heavy (non-hydrogen) atoms. The second-order valence-electron chi connectivity index (χ2n) is 6.30. The van der Waals surface area contributed by atoms with Gasteiger partial charge in [-0.2, -0.15) is 0 Å². The second kappa shape index (κ2) is 8.15. The van der Waals surface area contributed by atoms with E-state index >= 15 is 0 Å². The summed E-state index contributed by atoms with van der Waals surface area (Å²) in [6.07, 6.45) is 1.47. The molecule has 1 heterocycles. The highest BCUT2D eigenvalue weighted by molar-refractivity contribution is 5.94. The lowest BCUT2D eigenvalue weighted by Crippen LogP contribution is -2.25. The summed E-state index contributed by atoms with van der Waals surface area (Å²) in [6, 6.07) is 3.58. The number of esters is 2. The molecule has 1 unspecified atom stereocenters. The molecule has 0 spiro atoms. The zero-order chi connectivity index (χ0) is 21.1. The molecule has 154 valence electrons. The number of rotatable bonds is 4. The van der Waals surface area contributed by atoms with E-state index in [1.807, 2.05) is 0 Å². The van der Waals surface area contributed by atoms with Crippen LogP contribution in [0.25, 0.3) is 0 Å². The Balaban J connectivity index is 1.82. The molecule has 3 rings (SSSR count). The van der Waals surface area contributed by atoms with Crippen LogP contribution in [-0.4, -0.2) is 50.4 Å². The third-order valence-electron chi connectivity index (χ3n) is 4.17. The van der Waals surface area contributed by atoms with Gasteiger partial charge < -0.3 is 39.7 Å². The van der Waals surface area contributed by atoms with E-state index in [0.717, 1.165) is 37.1 Å². The lowest BCUT2D eigenvalue weighted by molar-refractivity contribution is -0.131. The highest BCUT2D eigenvalue weighted by Gasteiger charge is 2.23. The molecule has 0 aliphatic carbocycles. The zero-order valence-electron chi connectivity index (χ0n) is 15.0. The van der Waals surface area contributed by atoms with Gasteiger partial charge in [0, 0.05) is 6.42 Å². The van der Waals surface area contributed by atoms with Crippen molar-refractivity contribution in [2.45, 2.75) is 25.6 Å². The van der Waals surface area contributed by atoms with Gasteiger partial charge in [0.2, 0.25) is 12.0 Å². The number of hydrogen-bond donors (Lipinski definition) is 5. The molecule has 1 aliphatic rings. The highest BCUT2D eigenvalue weighted by Crippen LogP contribution is 2.39. The fourth-order valence-electron chi connectivity index (χ4n) is 2.66. The number of aromatic hydroxyl groups is 5. The third-order valence-corrected chi connectivity index (χ3v) is 4.17. The van der Waals surface area contributed by atoms with Gasteiger partial charge in [-0.15, -0.1) is 0 Å². The van der Waals surface area contributed by atoms with Gasteiger partial charge in [-0.1, -0.05) is 0 Å². The molecule has 1 aliphatic heterocycles. The molecule has 1 fully saturated rings. The van der Waals surface area contributed by atoms with Crippen molar-refractivity contribution in [2.24, 2.45) is 0 Å². The topological polar surface area (TPSA) is 163 Å². The monoisotopic (exact) mass is 406 g/mol. The van der Waals surface area contributed by atoms with E-state index < -0.39 is 52.7 Å². The Morgan fingerprint density at radius 1 is 0.828 bits per heavy atom. The number of carbonyl (C=O) groups excluding carboxylic acids is 2. The summed E-state index contributed by atoms with van der Waals surface area (Å²) in [7, 11) is 0. The Morgan fingerprint density at radius 3 is 2.00 bits per heavy atom. The summed E-state index contributed by atoms with van der Waals surface area (Å²) in [5.74, 6) is -6.46. The van der Waals surface area contributed by atoms with E-state index in [1.54, 1.807) is 0 Å². The van der Waals surface area contributed by atoms with Gasteiger partial charge in [0.05, 0.1) is 17.7 Å². The average Bonchev–Trinajstić information content (AvgIpc) is 2.69. The van der Waals surface area contributed by atoms with Gasteiger partial charge in [-0.3, -0.25) is 0 Å². The first kappa shape index (κ1) is 20.1. The lowest BCUT2D eigenvalue weighted by Gasteiger charge is -2.22. The molecule has 10 nitrogen and oxygen atoms in total. The fraction of sp³-hybridized carbons (Fsp3) is 0.263. The van der Waals surface area contributed by atoms with E-state index in [9.17, 15) is 35.1 Å². The van der Waals surface area contributed by atoms with Crippen molar-refractivity contribution in [3.63, 3.8) is 0 Å². The summed E-state index contributed by atoms with van der Waals surface area (Å²) < 4.78 is 15.4. The van der Waals surface area contributed by atoms with Gasteiger partial charge in [0.25, 0.3) is 0 Å². The van der Waals surface area contributed by atoms with Crippen molar-refractivity contribution >= 4 is 11.9 Å². The van der Waals surface area contributed by atoms with Crippen LogP contribution in [0.15, 0.2) is 24.3 Å². The number of benzene rings is 2. The number of carbonyl (C=O) groups is 2. The predicted octanol–water partition coefficient (Wildman–Crippen LogP) is 2.12. The Bertz CT molecular complexity index is 923. The summed E-state index contributed by atoms with van der Waals surface area (Å²) >= 11 is 0. The molecule has 0 saturated carbocycles. The van der Waals surface area contributed by atoms with Gasteiger partial charge in [-0.05, 0) is 37.1 Å². The largest absolute Gasteiger partial charge is 0.504 e. The van der Waals surface area contributed by atoms with Crippen molar-refractivity contribution in [2.75, 3.05) is 6.61 Å². The van der Waals surface area contributed by atoms with Crippen LogP contribution in [0.2, 0.25) is 0 Å². The van der Waals surface area contributed by atoms with Crippen LogP contribution in [0.4, 0.5) is 0 Å². The predicted molar refractivity (Wildman–Crippen MR) is 95.2 cm³/mol. The summed E-state index contributed by atoms with van der Waals surface area (Å²) in [5.41, 5.74) is -0.561. The van der Waals surface area contributed by atoms with Crippen LogP contribution in [0.3, 0.4) is 0 Å². The van der Waals surface area contributed by atoms with Crippen LogP contribution in [0, 0.1) is 0 Å². The van der Waals surface area contributed by atoms with Crippen molar-refractivity contribution < 1.29 is 49.3 Å². The Hall–Kier alpha value is -3.66. The molecule has 1 atom stereocenters. The average molecular weight is 406 g/mol. The number of ether oxygens (including phenoxy) is 3. The minimum absolute atomic E-state index is 0.200. The van der Waals surface area contributed by atoms with Crippen LogP contribution < -0.4 is 4.74 Å². The molecule has 5 N–H and O–H groups in total. The molecular formula is C19H18O10. The summed E-state index contributed by atoms with van der Waals surface area (Å²) in [6.45, 7) is 0.452. The number of hydrogen-bond acceptors (Lipinski definition) is 10. The van der Waals surface area contributed by atoms with E-state index in [2.05, 4.69) is 0 Å². The maximum absolute atomic E-state index is 12.3. The first-order valence-electron chi connectivity index (χ1n) is 8.62. The standard InChI is InChI=1S/C19H18O10/c20-11-5-9(6-12(21)16(11)23)18(25)28-14-8-10(7-13(22)17(14)24)19(26)29-15-3-1-2-4-27-15/h5-8,15,20-24H,1-4H2. The van der Waals surface area contributed by atoms with E-state index in [-0.39, 0.29) is 11.1 Å². The lowest BCUT2D eigenvalue weighted by atomic mass is 10.1. The molecule has 10 heteroatoms. The maximum Gasteiger partial charge on any atom is 0.343 e. The Kier molecular flexibility index (Phi) is 5.64. The number of phenolic OH excluding ortho intramolecular Hbond substituents is 5. The third kappa shape index (κ3) is 4.43. The molecule has 0 radical (unpaired) electrons. The van der Waals surface area contributed by atoms with E-state index in [4.69, 9.17) is 14.2 Å².